The van der Waals surface area contributed by atoms with E-state index in [2.05, 4.69) is 32.2 Å². The van der Waals surface area contributed by atoms with Crippen LogP contribution in [-0.2, 0) is 14.8 Å². The van der Waals surface area contributed by atoms with Crippen molar-refractivity contribution in [3.8, 4) is 0 Å². The maximum atomic E-state index is 13.2. The first-order chi connectivity index (χ1) is 19.6. The highest BCUT2D eigenvalue weighted by molar-refractivity contribution is 7.89. The number of aryl methyl sites for hydroxylation is 1. The van der Waals surface area contributed by atoms with Crippen LogP contribution in [0.1, 0.15) is 27.0 Å². The molecule has 5 rings (SSSR count). The van der Waals surface area contributed by atoms with Gasteiger partial charge in [0.25, 0.3) is 5.91 Å². The quantitative estimate of drug-likeness (QED) is 0.286. The topological polar surface area (TPSA) is 131 Å². The maximum Gasteiger partial charge on any atom is 0.336 e. The molecule has 0 bridgehead atoms. The number of likely N-dealkylation sites (N-methyl/N-ethyl adjacent to an activating group) is 1. The van der Waals surface area contributed by atoms with Crippen molar-refractivity contribution >= 4 is 44.5 Å². The number of benzene rings is 3. The van der Waals surface area contributed by atoms with Crippen LogP contribution in [0.25, 0.3) is 11.3 Å². The van der Waals surface area contributed by atoms with Crippen LogP contribution in [0.4, 0.5) is 11.4 Å². The number of carbonyl (C=O) groups is 2. The van der Waals surface area contributed by atoms with Crippen LogP contribution in [0.5, 0.6) is 0 Å². The highest BCUT2D eigenvalue weighted by Gasteiger charge is 2.30. The molecular weight excluding hydrogens is 542 g/mol. The average molecular weight is 576 g/mol. The molecule has 1 fully saturated rings. The fraction of sp³-hybridized carbons (Fsp3) is 0.267. The smallest absolute Gasteiger partial charge is 0.336 e. The van der Waals surface area contributed by atoms with E-state index in [4.69, 9.17) is 0 Å². The summed E-state index contributed by atoms with van der Waals surface area (Å²) in [7, 11) is -1.61. The summed E-state index contributed by atoms with van der Waals surface area (Å²) >= 11 is 0. The number of aromatic carboxylic acids is 1. The Hall–Kier alpha value is -4.03. The van der Waals surface area contributed by atoms with Crippen LogP contribution >= 0.6 is 0 Å². The molecule has 0 unspecified atom stereocenters. The van der Waals surface area contributed by atoms with Crippen molar-refractivity contribution in [2.75, 3.05) is 56.9 Å². The Balaban J connectivity index is 1.39. The normalized spacial score (nSPS) is 17.2. The third kappa shape index (κ3) is 6.33. The molecule has 2 heterocycles. The van der Waals surface area contributed by atoms with Crippen LogP contribution in [0.2, 0.25) is 0 Å². The zero-order valence-corrected chi connectivity index (χ0v) is 23.8. The van der Waals surface area contributed by atoms with Gasteiger partial charge in [0.15, 0.2) is 0 Å². The van der Waals surface area contributed by atoms with E-state index in [1.165, 1.54) is 18.2 Å². The summed E-state index contributed by atoms with van der Waals surface area (Å²) in [5, 5.41) is 15.6. The number of piperazine rings is 1. The van der Waals surface area contributed by atoms with Gasteiger partial charge in [-0.25, -0.2) is 17.9 Å². The number of amides is 1. The predicted molar refractivity (Wildman–Crippen MR) is 159 cm³/mol. The van der Waals surface area contributed by atoms with Crippen LogP contribution in [-0.4, -0.2) is 81.5 Å². The van der Waals surface area contributed by atoms with Crippen LogP contribution in [0.15, 0.2) is 71.6 Å². The van der Waals surface area contributed by atoms with Crippen LogP contribution < -0.4 is 15.4 Å². The minimum absolute atomic E-state index is 0.119. The average Bonchev–Trinajstić information content (AvgIpc) is 3.27. The molecule has 11 heteroatoms. The number of anilines is 2. The number of nitrogens with zero attached hydrogens (tertiary/aromatic N) is 2. The molecule has 1 amide bonds. The summed E-state index contributed by atoms with van der Waals surface area (Å²) in [5.41, 5.74) is 3.89. The lowest BCUT2D eigenvalue weighted by Crippen LogP contribution is -2.46. The highest BCUT2D eigenvalue weighted by atomic mass is 32.2. The van der Waals surface area contributed by atoms with Crippen molar-refractivity contribution in [3.63, 3.8) is 0 Å². The molecule has 3 aromatic rings. The molecule has 0 aliphatic carbocycles. The Labute approximate surface area is 239 Å². The number of carbonyl (C=O) groups excluding carboxylic acids is 1. The fourth-order valence-electron chi connectivity index (χ4n) is 5.04. The Morgan fingerprint density at radius 2 is 1.68 bits per heavy atom. The van der Waals surface area contributed by atoms with Gasteiger partial charge < -0.3 is 20.6 Å². The number of sulfonamides is 1. The van der Waals surface area contributed by atoms with Crippen molar-refractivity contribution in [2.24, 2.45) is 0 Å². The minimum Gasteiger partial charge on any atom is -0.478 e. The summed E-state index contributed by atoms with van der Waals surface area (Å²) in [5.74, 6) is -1.43. The van der Waals surface area contributed by atoms with E-state index >= 15 is 0 Å². The van der Waals surface area contributed by atoms with E-state index in [0.29, 0.717) is 46.9 Å². The second-order valence-electron chi connectivity index (χ2n) is 10.3. The number of hydrogen-bond donors (Lipinski definition) is 4. The lowest BCUT2D eigenvalue weighted by atomic mass is 9.96. The Bertz CT molecular complexity index is 1600. The number of rotatable bonds is 9. The summed E-state index contributed by atoms with van der Waals surface area (Å²) in [6, 6.07) is 18.8. The predicted octanol–water partition coefficient (Wildman–Crippen LogP) is 3.15. The molecule has 1 saturated heterocycles. The Morgan fingerprint density at radius 3 is 2.34 bits per heavy atom. The molecule has 2 aliphatic rings. The van der Waals surface area contributed by atoms with E-state index in [-0.39, 0.29) is 16.4 Å². The lowest BCUT2D eigenvalue weighted by Gasteiger charge is -2.32. The molecule has 2 aliphatic heterocycles. The van der Waals surface area contributed by atoms with E-state index in [9.17, 15) is 23.1 Å². The zero-order valence-electron chi connectivity index (χ0n) is 23.0. The maximum absolute atomic E-state index is 13.2. The summed E-state index contributed by atoms with van der Waals surface area (Å²) in [6.45, 7) is 6.45. The number of fused-ring (bicyclic) bond motifs is 1. The number of carboxylic acids is 1. The molecule has 0 spiro atoms. The van der Waals surface area contributed by atoms with Gasteiger partial charge in [0.2, 0.25) is 10.0 Å². The van der Waals surface area contributed by atoms with Gasteiger partial charge in [-0.2, -0.15) is 0 Å². The first-order valence-corrected chi connectivity index (χ1v) is 14.9. The molecule has 0 saturated carbocycles. The van der Waals surface area contributed by atoms with Crippen molar-refractivity contribution in [2.45, 2.75) is 11.8 Å². The second kappa shape index (κ2) is 11.8. The van der Waals surface area contributed by atoms with Gasteiger partial charge in [-0.05, 0) is 61.5 Å². The van der Waals surface area contributed by atoms with Gasteiger partial charge in [0.05, 0.1) is 27.4 Å². The standard InChI is InChI=1S/C30H33N5O5S/c1-20-18-25-26(19-24(20)30(37)38)33-29(36)27(25)28(21-6-4-3-5-7-21)32-22-8-10-23(11-9-22)41(39,40)31-12-13-35-16-14-34(2)15-17-35/h3-11,18-19,31-32H,12-17H2,1-2H3,(H,33,36)(H,37,38)/b28-27+. The van der Waals surface area contributed by atoms with E-state index in [0.717, 1.165) is 31.7 Å². The molecule has 0 radical (unpaired) electrons. The molecule has 41 heavy (non-hydrogen) atoms. The van der Waals surface area contributed by atoms with Crippen molar-refractivity contribution < 1.29 is 23.1 Å². The molecular formula is C30H33N5O5S. The highest BCUT2D eigenvalue weighted by Crippen LogP contribution is 2.39. The molecule has 0 atom stereocenters. The van der Waals surface area contributed by atoms with Gasteiger partial charge in [-0.3, -0.25) is 9.69 Å². The molecule has 10 nitrogen and oxygen atoms in total. The number of nitrogens with one attached hydrogen (secondary N) is 3. The van der Waals surface area contributed by atoms with Gasteiger partial charge >= 0.3 is 5.97 Å². The van der Waals surface area contributed by atoms with Crippen LogP contribution in [0.3, 0.4) is 0 Å². The monoisotopic (exact) mass is 575 g/mol. The van der Waals surface area contributed by atoms with Gasteiger partial charge in [-0.15, -0.1) is 0 Å². The molecule has 3 aromatic carbocycles. The van der Waals surface area contributed by atoms with Crippen LogP contribution in [0, 0.1) is 6.92 Å². The van der Waals surface area contributed by atoms with Crippen molar-refractivity contribution in [1.29, 1.82) is 0 Å². The van der Waals surface area contributed by atoms with E-state index in [1.54, 1.807) is 25.1 Å². The van der Waals surface area contributed by atoms with E-state index in [1.807, 2.05) is 30.3 Å². The SMILES string of the molecule is Cc1cc2c(cc1C(=O)O)NC(=O)/C2=C(/Nc1ccc(S(=O)(=O)NCCN2CCN(C)CC2)cc1)c1ccccc1. The largest absolute Gasteiger partial charge is 0.478 e. The van der Waals surface area contributed by atoms with Crippen molar-refractivity contribution in [3.05, 3.63) is 89.0 Å². The molecule has 4 N–H and O–H groups in total. The molecule has 0 aromatic heterocycles. The summed E-state index contributed by atoms with van der Waals surface area (Å²) < 4.78 is 28.5. The Kier molecular flexibility index (Phi) is 8.22. The zero-order chi connectivity index (χ0) is 29.1. The van der Waals surface area contributed by atoms with Crippen molar-refractivity contribution in [1.82, 2.24) is 14.5 Å². The summed E-state index contributed by atoms with van der Waals surface area (Å²) in [4.78, 5) is 29.5. The second-order valence-corrected chi connectivity index (χ2v) is 12.0. The number of hydrogen-bond acceptors (Lipinski definition) is 7. The first kappa shape index (κ1) is 28.5. The van der Waals surface area contributed by atoms with Gasteiger partial charge in [-0.1, -0.05) is 30.3 Å². The molecule has 214 valence electrons. The first-order valence-electron chi connectivity index (χ1n) is 13.4. The Morgan fingerprint density at radius 1 is 1.00 bits per heavy atom. The van der Waals surface area contributed by atoms with Gasteiger partial charge in [0.1, 0.15) is 0 Å². The number of carboxylic acid groups (broad SMARTS) is 1. The third-order valence-electron chi connectivity index (χ3n) is 7.40. The third-order valence-corrected chi connectivity index (χ3v) is 8.88. The minimum atomic E-state index is -3.69. The van der Waals surface area contributed by atoms with E-state index < -0.39 is 16.0 Å². The fourth-order valence-corrected chi connectivity index (χ4v) is 6.06. The summed E-state index contributed by atoms with van der Waals surface area (Å²) in [6.07, 6.45) is 0. The lowest BCUT2D eigenvalue weighted by molar-refractivity contribution is -0.110. The van der Waals surface area contributed by atoms with Gasteiger partial charge in [0, 0.05) is 50.5 Å².